The van der Waals surface area contributed by atoms with E-state index in [0.29, 0.717) is 0 Å². The maximum Gasteiger partial charge on any atom is 0.166 e. The van der Waals surface area contributed by atoms with Crippen LogP contribution in [-0.2, 0) is 10.9 Å². The van der Waals surface area contributed by atoms with Crippen LogP contribution in [0.15, 0.2) is 93.5 Å². The first-order chi connectivity index (χ1) is 18.3. The van der Waals surface area contributed by atoms with E-state index in [1.165, 1.54) is 79.4 Å². The van der Waals surface area contributed by atoms with E-state index in [1.807, 2.05) is 0 Å². The van der Waals surface area contributed by atoms with Gasteiger partial charge in [0, 0.05) is 13.1 Å². The Morgan fingerprint density at radius 1 is 0.486 bits per heavy atom. The van der Waals surface area contributed by atoms with E-state index in [0.717, 1.165) is 37.8 Å². The molecule has 0 bridgehead atoms. The van der Waals surface area contributed by atoms with Crippen LogP contribution in [0.5, 0.6) is 11.5 Å². The number of nitrogens with zero attached hydrogens (tertiary/aromatic N) is 2. The Bertz CT molecular complexity index is 979. The largest absolute Gasteiger partial charge is 0.492 e. The van der Waals surface area contributed by atoms with Crippen molar-refractivity contribution in [3.63, 3.8) is 0 Å². The molecule has 0 aliphatic carbocycles. The summed E-state index contributed by atoms with van der Waals surface area (Å²) in [6.45, 7) is 8.39. The summed E-state index contributed by atoms with van der Waals surface area (Å²) in [4.78, 5) is 8.96. The Hall–Kier alpha value is -2.47. The molecule has 2 aliphatic heterocycles. The lowest BCUT2D eigenvalue weighted by atomic mass is 10.1. The van der Waals surface area contributed by atoms with Crippen LogP contribution < -0.4 is 9.47 Å². The minimum atomic E-state index is -0.178. The van der Waals surface area contributed by atoms with Gasteiger partial charge in [0.05, 0.1) is 10.9 Å². The summed E-state index contributed by atoms with van der Waals surface area (Å²) in [6, 6.07) is 28.3. The lowest BCUT2D eigenvalue weighted by Crippen LogP contribution is -2.33. The second kappa shape index (κ2) is 13.9. The molecule has 3 aromatic carbocycles. The average molecular weight is 518 g/mol. The van der Waals surface area contributed by atoms with E-state index in [1.54, 1.807) is 0 Å². The van der Waals surface area contributed by atoms with Gasteiger partial charge in [0.2, 0.25) is 0 Å². The first-order valence-electron chi connectivity index (χ1n) is 14.0. The fourth-order valence-corrected chi connectivity index (χ4v) is 7.32. The number of likely N-dealkylation sites (tertiary alicyclic amines) is 2. The van der Waals surface area contributed by atoms with Gasteiger partial charge in [-0.15, -0.1) is 0 Å². The molecular weight excluding hydrogens is 476 g/mol. The number of hydrogen-bond acceptors (Lipinski definition) is 4. The summed E-state index contributed by atoms with van der Waals surface area (Å²) in [5, 5.41) is 0. The van der Waals surface area contributed by atoms with Gasteiger partial charge in [-0.1, -0.05) is 31.0 Å². The topological polar surface area (TPSA) is 24.9 Å². The minimum absolute atomic E-state index is 0.178. The van der Waals surface area contributed by atoms with E-state index in [4.69, 9.17) is 9.47 Å². The van der Waals surface area contributed by atoms with Crippen LogP contribution in [0.4, 0.5) is 0 Å². The highest BCUT2D eigenvalue weighted by Gasteiger charge is 2.28. The summed E-state index contributed by atoms with van der Waals surface area (Å²) >= 11 is 0. The molecule has 2 aliphatic rings. The van der Waals surface area contributed by atoms with Crippen molar-refractivity contribution in [2.75, 3.05) is 52.5 Å². The smallest absolute Gasteiger partial charge is 0.166 e. The second-order valence-electron chi connectivity index (χ2n) is 10.1. The van der Waals surface area contributed by atoms with Gasteiger partial charge in [-0.05, 0) is 113 Å². The zero-order valence-electron chi connectivity index (χ0n) is 22.0. The Morgan fingerprint density at radius 3 is 1.32 bits per heavy atom. The molecule has 0 unspecified atom stereocenters. The van der Waals surface area contributed by atoms with E-state index < -0.39 is 0 Å². The van der Waals surface area contributed by atoms with Crippen LogP contribution in [0.25, 0.3) is 0 Å². The van der Waals surface area contributed by atoms with Gasteiger partial charge in [-0.25, -0.2) is 0 Å². The van der Waals surface area contributed by atoms with E-state index in [-0.39, 0.29) is 10.9 Å². The quantitative estimate of drug-likeness (QED) is 0.271. The number of hydrogen-bond donors (Lipinski definition) is 0. The monoisotopic (exact) mass is 517 g/mol. The zero-order valence-corrected chi connectivity index (χ0v) is 22.8. The summed E-state index contributed by atoms with van der Waals surface area (Å²) in [5.41, 5.74) is 0. The highest BCUT2D eigenvalue weighted by molar-refractivity contribution is 7.97. The van der Waals surface area contributed by atoms with Gasteiger partial charge >= 0.3 is 0 Å². The van der Waals surface area contributed by atoms with Gasteiger partial charge in [0.1, 0.15) is 24.7 Å². The van der Waals surface area contributed by atoms with Crippen molar-refractivity contribution in [3.8, 4) is 11.5 Å². The van der Waals surface area contributed by atoms with Crippen LogP contribution in [0.1, 0.15) is 38.5 Å². The molecule has 0 saturated carbocycles. The lowest BCUT2D eigenvalue weighted by Gasteiger charge is -2.26. The van der Waals surface area contributed by atoms with Crippen LogP contribution in [0, 0.1) is 0 Å². The molecule has 3 aromatic rings. The van der Waals surface area contributed by atoms with Gasteiger partial charge in [0.25, 0.3) is 0 Å². The predicted octanol–water partition coefficient (Wildman–Crippen LogP) is 6.51. The minimum Gasteiger partial charge on any atom is -0.492 e. The van der Waals surface area contributed by atoms with Gasteiger partial charge in [-0.3, -0.25) is 9.80 Å². The molecule has 2 saturated heterocycles. The maximum atomic E-state index is 6.09. The van der Waals surface area contributed by atoms with Gasteiger partial charge < -0.3 is 9.47 Å². The maximum absolute atomic E-state index is 6.09. The molecule has 196 valence electrons. The first kappa shape index (κ1) is 26.1. The highest BCUT2D eigenvalue weighted by atomic mass is 32.2. The molecule has 0 N–H and O–H groups in total. The summed E-state index contributed by atoms with van der Waals surface area (Å²) in [5.74, 6) is 1.91. The average Bonchev–Trinajstić information content (AvgIpc) is 2.97. The van der Waals surface area contributed by atoms with E-state index >= 15 is 0 Å². The first-order valence-corrected chi connectivity index (χ1v) is 15.3. The molecule has 0 aromatic heterocycles. The van der Waals surface area contributed by atoms with Crippen molar-refractivity contribution >= 4 is 10.9 Å². The molecular formula is C32H41N2O2S+. The van der Waals surface area contributed by atoms with E-state index in [2.05, 4.69) is 88.7 Å². The molecule has 4 nitrogen and oxygen atoms in total. The molecule has 0 atom stereocenters. The summed E-state index contributed by atoms with van der Waals surface area (Å²) < 4.78 is 12.2. The summed E-state index contributed by atoms with van der Waals surface area (Å²) in [6.07, 6.45) is 8.03. The lowest BCUT2D eigenvalue weighted by molar-refractivity contribution is 0.183. The third-order valence-electron chi connectivity index (χ3n) is 7.35. The highest BCUT2D eigenvalue weighted by Crippen LogP contribution is 2.33. The van der Waals surface area contributed by atoms with Crippen LogP contribution in [-0.4, -0.2) is 62.3 Å². The fourth-order valence-electron chi connectivity index (χ4n) is 5.26. The van der Waals surface area contributed by atoms with Crippen LogP contribution >= 0.6 is 0 Å². The molecule has 0 amide bonds. The van der Waals surface area contributed by atoms with Crippen LogP contribution in [0.3, 0.4) is 0 Å². The molecule has 2 fully saturated rings. The van der Waals surface area contributed by atoms with Gasteiger partial charge in [0.15, 0.2) is 14.7 Å². The number of ether oxygens (including phenoxy) is 2. The van der Waals surface area contributed by atoms with Crippen molar-refractivity contribution in [2.45, 2.75) is 53.2 Å². The van der Waals surface area contributed by atoms with Crippen molar-refractivity contribution < 1.29 is 9.47 Å². The van der Waals surface area contributed by atoms with Gasteiger partial charge in [-0.2, -0.15) is 0 Å². The van der Waals surface area contributed by atoms with Crippen molar-refractivity contribution in [2.24, 2.45) is 0 Å². The molecule has 5 rings (SSSR count). The Labute approximate surface area is 225 Å². The third-order valence-corrected chi connectivity index (χ3v) is 9.58. The number of rotatable bonds is 11. The Morgan fingerprint density at radius 2 is 0.892 bits per heavy atom. The molecule has 5 heteroatoms. The molecule has 37 heavy (non-hydrogen) atoms. The second-order valence-corrected chi connectivity index (χ2v) is 12.1. The number of benzene rings is 3. The van der Waals surface area contributed by atoms with Crippen molar-refractivity contribution in [1.82, 2.24) is 9.80 Å². The Balaban J connectivity index is 1.21. The van der Waals surface area contributed by atoms with Crippen molar-refractivity contribution in [1.29, 1.82) is 0 Å². The standard InChI is InChI=1S/C32H41N2O2S/c1-4-10-30(11-5-1)37(31-16-12-28(13-17-31)35-26-24-33-20-6-2-7-21-33)32-18-14-29(15-19-32)36-27-25-34-22-8-3-9-23-34/h1,4-5,10-19H,2-3,6-9,20-27H2/q+1. The SMILES string of the molecule is c1ccc([S+](c2ccc(OCCN3CCCCC3)cc2)c2ccc(OCCN3CCCCC3)cc2)cc1. The van der Waals surface area contributed by atoms with Crippen molar-refractivity contribution in [3.05, 3.63) is 78.9 Å². The number of piperidine rings is 2. The summed E-state index contributed by atoms with van der Waals surface area (Å²) in [7, 11) is -0.178. The normalized spacial score (nSPS) is 17.1. The molecule has 0 spiro atoms. The molecule has 0 radical (unpaired) electrons. The zero-order chi connectivity index (χ0) is 25.1. The third kappa shape index (κ3) is 7.76. The fraction of sp³-hybridized carbons (Fsp3) is 0.438. The Kier molecular flexibility index (Phi) is 9.82. The predicted molar refractivity (Wildman–Crippen MR) is 153 cm³/mol. The molecule has 2 heterocycles. The van der Waals surface area contributed by atoms with Crippen LogP contribution in [0.2, 0.25) is 0 Å². The van der Waals surface area contributed by atoms with E-state index in [9.17, 15) is 0 Å².